The van der Waals surface area contributed by atoms with E-state index in [1.54, 1.807) is 0 Å². The normalized spacial score (nSPS) is 11.6. The molecule has 0 aromatic heterocycles. The van der Waals surface area contributed by atoms with Gasteiger partial charge >= 0.3 is 5.97 Å². The Labute approximate surface area is 146 Å². The lowest BCUT2D eigenvalue weighted by atomic mass is 9.95. The van der Waals surface area contributed by atoms with E-state index in [1.165, 1.54) is 24.3 Å². The highest BCUT2D eigenvalue weighted by atomic mass is 35.5. The van der Waals surface area contributed by atoms with Gasteiger partial charge in [-0.1, -0.05) is 23.7 Å². The summed E-state index contributed by atoms with van der Waals surface area (Å²) in [6.45, 7) is 0. The van der Waals surface area contributed by atoms with Crippen molar-refractivity contribution in [3.8, 4) is 0 Å². The third kappa shape index (κ3) is 4.74. The van der Waals surface area contributed by atoms with Gasteiger partial charge in [-0.25, -0.2) is 4.39 Å². The van der Waals surface area contributed by atoms with Crippen LogP contribution in [0.4, 0.5) is 15.8 Å². The predicted molar refractivity (Wildman–Crippen MR) is 88.1 cm³/mol. The van der Waals surface area contributed by atoms with Crippen molar-refractivity contribution in [1.82, 2.24) is 0 Å². The van der Waals surface area contributed by atoms with E-state index in [9.17, 15) is 29.2 Å². The molecule has 0 aliphatic rings. The number of anilines is 1. The van der Waals surface area contributed by atoms with Crippen molar-refractivity contribution in [1.29, 1.82) is 0 Å². The summed E-state index contributed by atoms with van der Waals surface area (Å²) >= 11 is 5.69. The van der Waals surface area contributed by atoms with Crippen LogP contribution in [0.25, 0.3) is 0 Å². The zero-order valence-electron chi connectivity index (χ0n) is 12.6. The van der Waals surface area contributed by atoms with Gasteiger partial charge in [0.05, 0.1) is 10.8 Å². The van der Waals surface area contributed by atoms with Gasteiger partial charge in [0.15, 0.2) is 0 Å². The summed E-state index contributed by atoms with van der Waals surface area (Å²) in [5, 5.41) is 22.7. The maximum absolute atomic E-state index is 13.0. The Kier molecular flexibility index (Phi) is 5.66. The molecule has 2 aromatic rings. The SMILES string of the molecule is O=C(C[C@H](C(=O)O)c1ccc(F)cc1)Nc1ccc(Cl)cc1[N+](=O)[O-]. The van der Waals surface area contributed by atoms with E-state index in [-0.39, 0.29) is 16.3 Å². The van der Waals surface area contributed by atoms with Gasteiger partial charge in [0.25, 0.3) is 5.69 Å². The summed E-state index contributed by atoms with van der Waals surface area (Å²) in [5.41, 5.74) is -0.258. The number of halogens is 2. The molecule has 0 aliphatic heterocycles. The Morgan fingerprint density at radius 2 is 1.88 bits per heavy atom. The van der Waals surface area contributed by atoms with Crippen LogP contribution in [-0.4, -0.2) is 21.9 Å². The van der Waals surface area contributed by atoms with Gasteiger partial charge in [0, 0.05) is 17.5 Å². The van der Waals surface area contributed by atoms with Crippen molar-refractivity contribution in [2.45, 2.75) is 12.3 Å². The first-order valence-corrected chi connectivity index (χ1v) is 7.38. The smallest absolute Gasteiger partial charge is 0.311 e. The van der Waals surface area contributed by atoms with E-state index in [0.717, 1.165) is 18.2 Å². The average Bonchev–Trinajstić information content (AvgIpc) is 2.55. The molecule has 25 heavy (non-hydrogen) atoms. The van der Waals surface area contributed by atoms with E-state index >= 15 is 0 Å². The van der Waals surface area contributed by atoms with Crippen molar-refractivity contribution < 1.29 is 24.0 Å². The number of nitro groups is 1. The number of amides is 1. The fraction of sp³-hybridized carbons (Fsp3) is 0.125. The summed E-state index contributed by atoms with van der Waals surface area (Å²) in [5.74, 6) is -3.75. The number of hydrogen-bond donors (Lipinski definition) is 2. The molecule has 0 fully saturated rings. The molecular weight excluding hydrogens is 355 g/mol. The first kappa shape index (κ1) is 18.3. The lowest BCUT2D eigenvalue weighted by Gasteiger charge is -2.13. The molecule has 130 valence electrons. The van der Waals surface area contributed by atoms with Crippen molar-refractivity contribution in [2.75, 3.05) is 5.32 Å². The van der Waals surface area contributed by atoms with Crippen LogP contribution in [0.3, 0.4) is 0 Å². The first-order valence-electron chi connectivity index (χ1n) is 7.00. The summed E-state index contributed by atoms with van der Waals surface area (Å²) in [7, 11) is 0. The van der Waals surface area contributed by atoms with Gasteiger partial charge in [-0.15, -0.1) is 0 Å². The number of nitro benzene ring substituents is 1. The Balaban J connectivity index is 2.19. The van der Waals surface area contributed by atoms with Crippen LogP contribution in [0, 0.1) is 15.9 Å². The molecule has 2 aromatic carbocycles. The van der Waals surface area contributed by atoms with Gasteiger partial charge < -0.3 is 10.4 Å². The van der Waals surface area contributed by atoms with Crippen LogP contribution in [0.15, 0.2) is 42.5 Å². The van der Waals surface area contributed by atoms with Crippen molar-refractivity contribution >= 4 is 34.9 Å². The van der Waals surface area contributed by atoms with E-state index in [2.05, 4.69) is 5.32 Å². The minimum absolute atomic E-state index is 0.0948. The number of hydrogen-bond acceptors (Lipinski definition) is 4. The summed E-state index contributed by atoms with van der Waals surface area (Å²) in [6.07, 6.45) is -0.471. The second-order valence-electron chi connectivity index (χ2n) is 5.11. The molecule has 2 N–H and O–H groups in total. The van der Waals surface area contributed by atoms with Gasteiger partial charge in [0.2, 0.25) is 5.91 Å². The maximum atomic E-state index is 13.0. The molecule has 1 atom stereocenters. The summed E-state index contributed by atoms with van der Waals surface area (Å²) in [4.78, 5) is 33.8. The van der Waals surface area contributed by atoms with E-state index < -0.39 is 40.6 Å². The molecule has 7 nitrogen and oxygen atoms in total. The molecule has 0 heterocycles. The number of carboxylic acids is 1. The Morgan fingerprint density at radius 1 is 1.24 bits per heavy atom. The van der Waals surface area contributed by atoms with Crippen LogP contribution in [0.5, 0.6) is 0 Å². The number of carbonyl (C=O) groups is 2. The van der Waals surface area contributed by atoms with Crippen molar-refractivity contribution in [3.63, 3.8) is 0 Å². The molecule has 0 radical (unpaired) electrons. The van der Waals surface area contributed by atoms with Crippen LogP contribution in [0.2, 0.25) is 5.02 Å². The van der Waals surface area contributed by atoms with Crippen LogP contribution >= 0.6 is 11.6 Å². The average molecular weight is 367 g/mol. The minimum atomic E-state index is -1.27. The van der Waals surface area contributed by atoms with Crippen molar-refractivity contribution in [3.05, 3.63) is 69.0 Å². The number of nitrogens with one attached hydrogen (secondary N) is 1. The molecule has 2 rings (SSSR count). The Morgan fingerprint density at radius 3 is 2.44 bits per heavy atom. The number of rotatable bonds is 6. The minimum Gasteiger partial charge on any atom is -0.481 e. The van der Waals surface area contributed by atoms with Crippen LogP contribution < -0.4 is 5.32 Å². The zero-order valence-corrected chi connectivity index (χ0v) is 13.4. The molecule has 0 aliphatic carbocycles. The number of aliphatic carboxylic acids is 1. The fourth-order valence-electron chi connectivity index (χ4n) is 2.19. The zero-order chi connectivity index (χ0) is 18.6. The molecule has 0 spiro atoms. The lowest BCUT2D eigenvalue weighted by molar-refractivity contribution is -0.383. The standard InChI is InChI=1S/C16H12ClFN2O5/c17-10-3-6-13(14(7-10)20(24)25)19-15(21)8-12(16(22)23)9-1-4-11(18)5-2-9/h1-7,12H,8H2,(H,19,21)(H,22,23)/t12-/m0/s1. The third-order valence-corrected chi connectivity index (χ3v) is 3.63. The molecule has 9 heteroatoms. The van der Waals surface area contributed by atoms with Gasteiger partial charge in [0.1, 0.15) is 11.5 Å². The fourth-order valence-corrected chi connectivity index (χ4v) is 2.36. The Bertz CT molecular complexity index is 826. The molecule has 0 saturated carbocycles. The molecular formula is C16H12ClFN2O5. The molecule has 0 unspecified atom stereocenters. The first-order chi connectivity index (χ1) is 11.8. The molecule has 0 bridgehead atoms. The van der Waals surface area contributed by atoms with E-state index in [4.69, 9.17) is 11.6 Å². The number of benzene rings is 2. The molecule has 1 amide bonds. The van der Waals surface area contributed by atoms with Crippen molar-refractivity contribution in [2.24, 2.45) is 0 Å². The second kappa shape index (κ2) is 7.71. The quantitative estimate of drug-likeness (QED) is 0.599. The monoisotopic (exact) mass is 366 g/mol. The number of carboxylic acid groups (broad SMARTS) is 1. The second-order valence-corrected chi connectivity index (χ2v) is 5.55. The van der Waals surface area contributed by atoms with E-state index in [1.807, 2.05) is 0 Å². The van der Waals surface area contributed by atoms with Crippen LogP contribution in [0.1, 0.15) is 17.9 Å². The Hall–Kier alpha value is -3.00. The van der Waals surface area contributed by atoms with Crippen LogP contribution in [-0.2, 0) is 9.59 Å². The summed E-state index contributed by atoms with van der Waals surface area (Å²) < 4.78 is 13.0. The number of carbonyl (C=O) groups excluding carboxylic acids is 1. The van der Waals surface area contributed by atoms with Gasteiger partial charge in [-0.05, 0) is 29.8 Å². The molecule has 0 saturated heterocycles. The summed E-state index contributed by atoms with van der Waals surface area (Å²) in [6, 6.07) is 8.41. The topological polar surface area (TPSA) is 110 Å². The third-order valence-electron chi connectivity index (χ3n) is 3.39. The van der Waals surface area contributed by atoms with Gasteiger partial charge in [-0.3, -0.25) is 19.7 Å². The highest BCUT2D eigenvalue weighted by Gasteiger charge is 2.25. The highest BCUT2D eigenvalue weighted by molar-refractivity contribution is 6.31. The predicted octanol–water partition coefficient (Wildman–Crippen LogP) is 3.58. The van der Waals surface area contributed by atoms with Gasteiger partial charge in [-0.2, -0.15) is 0 Å². The maximum Gasteiger partial charge on any atom is 0.311 e. The largest absolute Gasteiger partial charge is 0.481 e. The number of nitrogens with zero attached hydrogens (tertiary/aromatic N) is 1. The highest BCUT2D eigenvalue weighted by Crippen LogP contribution is 2.29. The lowest BCUT2D eigenvalue weighted by Crippen LogP contribution is -2.21. The van der Waals surface area contributed by atoms with E-state index in [0.29, 0.717) is 0 Å².